The number of ether oxygens (including phenoxy) is 1. The van der Waals surface area contributed by atoms with Crippen LogP contribution in [0.4, 0.5) is 5.82 Å². The number of rotatable bonds is 4. The first-order valence-corrected chi connectivity index (χ1v) is 6.02. The molecule has 0 saturated carbocycles. The standard InChI is InChI=1S/C12H19N5O/c1-12(2,3)18-6-4-5-17-8-16-9-10(13)14-7-15-11(9)17/h7-8H,4-6H2,1-3H3,(H2,13,14,15). The molecule has 0 spiro atoms. The van der Waals surface area contributed by atoms with Gasteiger partial charge in [0.05, 0.1) is 11.9 Å². The Morgan fingerprint density at radius 1 is 1.28 bits per heavy atom. The highest BCUT2D eigenvalue weighted by Crippen LogP contribution is 2.14. The van der Waals surface area contributed by atoms with Crippen molar-refractivity contribution in [1.29, 1.82) is 0 Å². The van der Waals surface area contributed by atoms with Crippen LogP contribution in [-0.2, 0) is 11.3 Å². The second-order valence-electron chi connectivity index (χ2n) is 5.18. The Bertz CT molecular complexity index is 529. The molecule has 2 N–H and O–H groups in total. The summed E-state index contributed by atoms with van der Waals surface area (Å²) < 4.78 is 7.64. The zero-order chi connectivity index (χ0) is 13.2. The fourth-order valence-electron chi connectivity index (χ4n) is 1.68. The van der Waals surface area contributed by atoms with Crippen molar-refractivity contribution >= 4 is 17.0 Å². The topological polar surface area (TPSA) is 78.9 Å². The molecule has 2 rings (SSSR count). The van der Waals surface area contributed by atoms with Gasteiger partial charge in [0, 0.05) is 13.2 Å². The van der Waals surface area contributed by atoms with Crippen LogP contribution in [0.15, 0.2) is 12.7 Å². The Morgan fingerprint density at radius 3 is 2.78 bits per heavy atom. The number of hydrogen-bond donors (Lipinski definition) is 1. The van der Waals surface area contributed by atoms with Gasteiger partial charge in [-0.2, -0.15) is 0 Å². The van der Waals surface area contributed by atoms with E-state index >= 15 is 0 Å². The first-order chi connectivity index (χ1) is 8.47. The van der Waals surface area contributed by atoms with Crippen LogP contribution in [0.2, 0.25) is 0 Å². The molecular weight excluding hydrogens is 230 g/mol. The van der Waals surface area contributed by atoms with Crippen LogP contribution in [0, 0.1) is 0 Å². The summed E-state index contributed by atoms with van der Waals surface area (Å²) in [5.41, 5.74) is 7.07. The van der Waals surface area contributed by atoms with Gasteiger partial charge >= 0.3 is 0 Å². The Morgan fingerprint density at radius 2 is 2.06 bits per heavy atom. The molecule has 0 unspecified atom stereocenters. The van der Waals surface area contributed by atoms with Crippen LogP contribution in [0.1, 0.15) is 27.2 Å². The minimum absolute atomic E-state index is 0.0936. The molecule has 0 aliphatic rings. The van der Waals surface area contributed by atoms with Crippen molar-refractivity contribution in [2.24, 2.45) is 0 Å². The lowest BCUT2D eigenvalue weighted by molar-refractivity contribution is -0.00518. The third kappa shape index (κ3) is 2.95. The summed E-state index contributed by atoms with van der Waals surface area (Å²) in [6.45, 7) is 7.67. The third-order valence-corrected chi connectivity index (χ3v) is 2.51. The van der Waals surface area contributed by atoms with Gasteiger partial charge in [0.1, 0.15) is 11.8 Å². The van der Waals surface area contributed by atoms with Gasteiger partial charge in [0.2, 0.25) is 0 Å². The number of hydrogen-bond acceptors (Lipinski definition) is 5. The van der Waals surface area contributed by atoms with Gasteiger partial charge in [-0.1, -0.05) is 0 Å². The quantitative estimate of drug-likeness (QED) is 0.833. The Hall–Kier alpha value is -1.69. The molecule has 2 aromatic heterocycles. The molecule has 0 aromatic carbocycles. The number of anilines is 1. The van der Waals surface area contributed by atoms with Crippen molar-refractivity contribution in [2.75, 3.05) is 12.3 Å². The predicted octanol–water partition coefficient (Wildman–Crippen LogP) is 1.61. The molecule has 18 heavy (non-hydrogen) atoms. The minimum Gasteiger partial charge on any atom is -0.382 e. The van der Waals surface area contributed by atoms with Crippen LogP contribution in [0.5, 0.6) is 0 Å². The minimum atomic E-state index is -0.0936. The molecule has 0 atom stereocenters. The molecule has 0 amide bonds. The first-order valence-electron chi connectivity index (χ1n) is 6.02. The fourth-order valence-corrected chi connectivity index (χ4v) is 1.68. The lowest BCUT2D eigenvalue weighted by Crippen LogP contribution is -2.20. The highest BCUT2D eigenvalue weighted by Gasteiger charge is 2.10. The molecule has 0 fully saturated rings. The van der Waals surface area contributed by atoms with Crippen molar-refractivity contribution in [2.45, 2.75) is 39.3 Å². The van der Waals surface area contributed by atoms with Crippen LogP contribution < -0.4 is 5.73 Å². The number of nitrogens with two attached hydrogens (primary N) is 1. The second-order valence-corrected chi connectivity index (χ2v) is 5.18. The lowest BCUT2D eigenvalue weighted by Gasteiger charge is -2.19. The molecule has 0 aliphatic heterocycles. The van der Waals surface area contributed by atoms with Crippen molar-refractivity contribution in [1.82, 2.24) is 19.5 Å². The van der Waals surface area contributed by atoms with E-state index in [1.54, 1.807) is 6.33 Å². The smallest absolute Gasteiger partial charge is 0.165 e. The zero-order valence-electron chi connectivity index (χ0n) is 11.1. The van der Waals surface area contributed by atoms with E-state index in [4.69, 9.17) is 10.5 Å². The summed E-state index contributed by atoms with van der Waals surface area (Å²) in [4.78, 5) is 12.3. The first kappa shape index (κ1) is 12.8. The number of nitrogens with zero attached hydrogens (tertiary/aromatic N) is 4. The molecule has 2 heterocycles. The van der Waals surface area contributed by atoms with Crippen molar-refractivity contribution in [3.63, 3.8) is 0 Å². The maximum absolute atomic E-state index is 5.73. The average Bonchev–Trinajstić information content (AvgIpc) is 2.68. The van der Waals surface area contributed by atoms with Gasteiger partial charge in [-0.15, -0.1) is 0 Å². The highest BCUT2D eigenvalue weighted by atomic mass is 16.5. The average molecular weight is 249 g/mol. The Labute approximate surface area is 106 Å². The van der Waals surface area contributed by atoms with Gasteiger partial charge in [-0.3, -0.25) is 0 Å². The predicted molar refractivity (Wildman–Crippen MR) is 70.1 cm³/mol. The normalized spacial score (nSPS) is 12.2. The van der Waals surface area contributed by atoms with E-state index in [9.17, 15) is 0 Å². The van der Waals surface area contributed by atoms with Crippen molar-refractivity contribution in [3.05, 3.63) is 12.7 Å². The maximum atomic E-state index is 5.73. The van der Waals surface area contributed by atoms with Gasteiger partial charge in [0.25, 0.3) is 0 Å². The molecule has 6 nitrogen and oxygen atoms in total. The summed E-state index contributed by atoms with van der Waals surface area (Å²) in [5, 5.41) is 0. The SMILES string of the molecule is CC(C)(C)OCCCn1cnc2c(N)ncnc21. The molecule has 0 bridgehead atoms. The number of fused-ring (bicyclic) bond motifs is 1. The van der Waals surface area contributed by atoms with Crippen molar-refractivity contribution < 1.29 is 4.74 Å². The van der Waals surface area contributed by atoms with E-state index in [0.717, 1.165) is 18.6 Å². The highest BCUT2D eigenvalue weighted by molar-refractivity contribution is 5.80. The van der Waals surface area contributed by atoms with Gasteiger partial charge in [-0.05, 0) is 27.2 Å². The summed E-state index contributed by atoms with van der Waals surface area (Å²) in [6.07, 6.45) is 4.11. The summed E-state index contributed by atoms with van der Waals surface area (Å²) >= 11 is 0. The molecule has 0 aliphatic carbocycles. The Kier molecular flexibility index (Phi) is 3.47. The van der Waals surface area contributed by atoms with E-state index in [1.165, 1.54) is 6.33 Å². The summed E-state index contributed by atoms with van der Waals surface area (Å²) in [5.74, 6) is 0.421. The van der Waals surface area contributed by atoms with Crippen LogP contribution in [0.25, 0.3) is 11.2 Å². The summed E-state index contributed by atoms with van der Waals surface area (Å²) in [6, 6.07) is 0. The monoisotopic (exact) mass is 249 g/mol. The Balaban J connectivity index is 1.98. The summed E-state index contributed by atoms with van der Waals surface area (Å²) in [7, 11) is 0. The van der Waals surface area contributed by atoms with Crippen molar-refractivity contribution in [3.8, 4) is 0 Å². The zero-order valence-corrected chi connectivity index (χ0v) is 11.1. The maximum Gasteiger partial charge on any atom is 0.165 e. The number of aryl methyl sites for hydroxylation is 1. The molecule has 98 valence electrons. The van der Waals surface area contributed by atoms with E-state index in [-0.39, 0.29) is 5.60 Å². The fraction of sp³-hybridized carbons (Fsp3) is 0.583. The van der Waals surface area contributed by atoms with Crippen LogP contribution in [0.3, 0.4) is 0 Å². The molecular formula is C12H19N5O. The van der Waals surface area contributed by atoms with Crippen LogP contribution in [-0.4, -0.2) is 31.7 Å². The number of nitrogen functional groups attached to an aromatic ring is 1. The van der Waals surface area contributed by atoms with Gasteiger partial charge in [-0.25, -0.2) is 15.0 Å². The van der Waals surface area contributed by atoms with E-state index < -0.39 is 0 Å². The van der Waals surface area contributed by atoms with E-state index in [1.807, 2.05) is 25.3 Å². The van der Waals surface area contributed by atoms with Gasteiger partial charge < -0.3 is 15.0 Å². The second kappa shape index (κ2) is 4.89. The lowest BCUT2D eigenvalue weighted by atomic mass is 10.2. The van der Waals surface area contributed by atoms with E-state index in [2.05, 4.69) is 15.0 Å². The molecule has 2 aromatic rings. The van der Waals surface area contributed by atoms with Crippen LogP contribution >= 0.6 is 0 Å². The molecule has 0 saturated heterocycles. The molecule has 6 heteroatoms. The molecule has 0 radical (unpaired) electrons. The van der Waals surface area contributed by atoms with E-state index in [0.29, 0.717) is 17.9 Å². The number of aromatic nitrogens is 4. The largest absolute Gasteiger partial charge is 0.382 e. The van der Waals surface area contributed by atoms with Gasteiger partial charge in [0.15, 0.2) is 11.5 Å². The number of imidazole rings is 1. The third-order valence-electron chi connectivity index (χ3n) is 2.51.